The van der Waals surface area contributed by atoms with Crippen LogP contribution in [-0.4, -0.2) is 47.8 Å². The van der Waals surface area contributed by atoms with E-state index in [1.807, 2.05) is 0 Å². The van der Waals surface area contributed by atoms with Gasteiger partial charge in [-0.25, -0.2) is 4.90 Å². The first-order chi connectivity index (χ1) is 16.4. The SMILES string of the molecule is COc1cccc(C(=O)N(C2CCCCC2)C2CC(=O)N(c3ccc(OC(C)=O)cc3)C2=O)c1. The summed E-state index contributed by atoms with van der Waals surface area (Å²) in [6.45, 7) is 1.30. The maximum Gasteiger partial charge on any atom is 0.308 e. The van der Waals surface area contributed by atoms with Crippen molar-refractivity contribution >= 4 is 29.4 Å². The fourth-order valence-corrected chi connectivity index (χ4v) is 4.76. The molecular weight excluding hydrogens is 436 g/mol. The van der Waals surface area contributed by atoms with E-state index in [0.29, 0.717) is 22.7 Å². The smallest absolute Gasteiger partial charge is 0.308 e. The van der Waals surface area contributed by atoms with Crippen molar-refractivity contribution in [1.82, 2.24) is 4.90 Å². The number of ether oxygens (including phenoxy) is 2. The Morgan fingerprint density at radius 3 is 2.32 bits per heavy atom. The minimum Gasteiger partial charge on any atom is -0.497 e. The number of benzene rings is 2. The molecule has 178 valence electrons. The number of amides is 3. The van der Waals surface area contributed by atoms with Crippen LogP contribution in [0.15, 0.2) is 48.5 Å². The monoisotopic (exact) mass is 464 g/mol. The van der Waals surface area contributed by atoms with Crippen LogP contribution in [0.1, 0.15) is 55.8 Å². The maximum absolute atomic E-state index is 13.7. The fourth-order valence-electron chi connectivity index (χ4n) is 4.76. The van der Waals surface area contributed by atoms with Crippen molar-refractivity contribution in [2.45, 2.75) is 57.5 Å². The van der Waals surface area contributed by atoms with Crippen LogP contribution in [0.25, 0.3) is 0 Å². The van der Waals surface area contributed by atoms with Gasteiger partial charge in [0.15, 0.2) is 0 Å². The second kappa shape index (κ2) is 10.1. The Balaban J connectivity index is 1.63. The predicted molar refractivity (Wildman–Crippen MR) is 125 cm³/mol. The third-order valence-electron chi connectivity index (χ3n) is 6.33. The van der Waals surface area contributed by atoms with Crippen molar-refractivity contribution in [3.8, 4) is 11.5 Å². The van der Waals surface area contributed by atoms with Gasteiger partial charge in [0.2, 0.25) is 5.91 Å². The van der Waals surface area contributed by atoms with E-state index in [2.05, 4.69) is 0 Å². The third kappa shape index (κ3) is 4.81. The van der Waals surface area contributed by atoms with E-state index in [0.717, 1.165) is 37.0 Å². The molecule has 1 saturated heterocycles. The lowest BCUT2D eigenvalue weighted by molar-refractivity contribution is -0.132. The van der Waals surface area contributed by atoms with Gasteiger partial charge in [0.05, 0.1) is 19.2 Å². The molecule has 4 rings (SSSR count). The van der Waals surface area contributed by atoms with Crippen LogP contribution in [0.2, 0.25) is 0 Å². The number of anilines is 1. The Kier molecular flexibility index (Phi) is 6.95. The topological polar surface area (TPSA) is 93.2 Å². The molecule has 2 aromatic rings. The first kappa shape index (κ1) is 23.5. The van der Waals surface area contributed by atoms with E-state index in [1.54, 1.807) is 41.3 Å². The predicted octanol–water partition coefficient (Wildman–Crippen LogP) is 3.73. The Morgan fingerprint density at radius 2 is 1.68 bits per heavy atom. The molecule has 1 atom stereocenters. The number of rotatable bonds is 6. The molecule has 0 radical (unpaired) electrons. The van der Waals surface area contributed by atoms with Gasteiger partial charge in [0, 0.05) is 18.5 Å². The highest BCUT2D eigenvalue weighted by molar-refractivity contribution is 6.23. The molecule has 1 unspecified atom stereocenters. The van der Waals surface area contributed by atoms with Gasteiger partial charge in [0.25, 0.3) is 11.8 Å². The van der Waals surface area contributed by atoms with Crippen molar-refractivity contribution < 1.29 is 28.7 Å². The second-order valence-corrected chi connectivity index (χ2v) is 8.61. The zero-order valence-electron chi connectivity index (χ0n) is 19.4. The highest BCUT2D eigenvalue weighted by Crippen LogP contribution is 2.33. The molecule has 0 aromatic heterocycles. The van der Waals surface area contributed by atoms with Crippen molar-refractivity contribution in [3.05, 3.63) is 54.1 Å². The lowest BCUT2D eigenvalue weighted by Gasteiger charge is -2.37. The number of methoxy groups -OCH3 is 1. The lowest BCUT2D eigenvalue weighted by atomic mass is 9.92. The summed E-state index contributed by atoms with van der Waals surface area (Å²) in [6, 6.07) is 12.1. The van der Waals surface area contributed by atoms with Gasteiger partial charge in [0.1, 0.15) is 17.5 Å². The van der Waals surface area contributed by atoms with Gasteiger partial charge < -0.3 is 14.4 Å². The lowest BCUT2D eigenvalue weighted by Crippen LogP contribution is -2.51. The van der Waals surface area contributed by atoms with Gasteiger partial charge in [-0.3, -0.25) is 19.2 Å². The molecule has 1 aliphatic heterocycles. The Morgan fingerprint density at radius 1 is 0.971 bits per heavy atom. The van der Waals surface area contributed by atoms with Crippen LogP contribution in [0.5, 0.6) is 11.5 Å². The van der Waals surface area contributed by atoms with Crippen LogP contribution < -0.4 is 14.4 Å². The van der Waals surface area contributed by atoms with Crippen molar-refractivity contribution in [1.29, 1.82) is 0 Å². The average molecular weight is 465 g/mol. The molecule has 1 aliphatic carbocycles. The van der Waals surface area contributed by atoms with Crippen molar-refractivity contribution in [2.75, 3.05) is 12.0 Å². The van der Waals surface area contributed by atoms with Crippen molar-refractivity contribution in [2.24, 2.45) is 0 Å². The highest BCUT2D eigenvalue weighted by atomic mass is 16.5. The Labute approximate surface area is 198 Å². The first-order valence-electron chi connectivity index (χ1n) is 11.5. The van der Waals surface area contributed by atoms with Gasteiger partial charge in [-0.15, -0.1) is 0 Å². The molecule has 2 fully saturated rings. The molecule has 0 spiro atoms. The van der Waals surface area contributed by atoms with Gasteiger partial charge in [-0.1, -0.05) is 25.3 Å². The number of hydrogen-bond donors (Lipinski definition) is 0. The van der Waals surface area contributed by atoms with Crippen LogP contribution in [0.4, 0.5) is 5.69 Å². The summed E-state index contributed by atoms with van der Waals surface area (Å²) < 4.78 is 10.3. The zero-order chi connectivity index (χ0) is 24.2. The summed E-state index contributed by atoms with van der Waals surface area (Å²) >= 11 is 0. The molecule has 3 amide bonds. The van der Waals surface area contributed by atoms with Crippen LogP contribution in [-0.2, 0) is 14.4 Å². The standard InChI is InChI=1S/C26H28N2O6/c1-17(29)34-21-13-11-20(12-14-21)28-24(30)16-23(26(28)32)27(19-8-4-3-5-9-19)25(31)18-7-6-10-22(15-18)33-2/h6-7,10-15,19,23H,3-5,8-9,16H2,1-2H3. The largest absolute Gasteiger partial charge is 0.497 e. The number of carbonyl (C=O) groups excluding carboxylic acids is 4. The van der Waals surface area contributed by atoms with Crippen LogP contribution >= 0.6 is 0 Å². The minimum absolute atomic E-state index is 0.0727. The molecule has 8 nitrogen and oxygen atoms in total. The molecule has 8 heteroatoms. The number of nitrogens with zero attached hydrogens (tertiary/aromatic N) is 2. The summed E-state index contributed by atoms with van der Waals surface area (Å²) in [6.07, 6.45) is 4.56. The maximum atomic E-state index is 13.7. The van der Waals surface area contributed by atoms with Gasteiger partial charge >= 0.3 is 5.97 Å². The van der Waals surface area contributed by atoms with E-state index in [-0.39, 0.29) is 24.3 Å². The molecule has 0 N–H and O–H groups in total. The molecule has 1 heterocycles. The Bertz CT molecular complexity index is 1090. The summed E-state index contributed by atoms with van der Waals surface area (Å²) in [4.78, 5) is 54.1. The molecule has 2 aromatic carbocycles. The average Bonchev–Trinajstić information content (AvgIpc) is 3.13. The van der Waals surface area contributed by atoms with E-state index in [4.69, 9.17) is 9.47 Å². The summed E-state index contributed by atoms with van der Waals surface area (Å²) in [5, 5.41) is 0. The van der Waals surface area contributed by atoms with Gasteiger partial charge in [-0.05, 0) is 55.3 Å². The second-order valence-electron chi connectivity index (χ2n) is 8.61. The molecule has 1 saturated carbocycles. The van der Waals surface area contributed by atoms with E-state index in [1.165, 1.54) is 26.2 Å². The zero-order valence-corrected chi connectivity index (χ0v) is 19.4. The summed E-state index contributed by atoms with van der Waals surface area (Å²) in [5.41, 5.74) is 0.806. The Hall–Kier alpha value is -3.68. The van der Waals surface area contributed by atoms with Crippen LogP contribution in [0.3, 0.4) is 0 Å². The molecule has 0 bridgehead atoms. The minimum atomic E-state index is -0.873. The first-order valence-corrected chi connectivity index (χ1v) is 11.5. The van der Waals surface area contributed by atoms with E-state index < -0.39 is 17.9 Å². The summed E-state index contributed by atoms with van der Waals surface area (Å²) in [7, 11) is 1.53. The van der Waals surface area contributed by atoms with Gasteiger partial charge in [-0.2, -0.15) is 0 Å². The molecule has 34 heavy (non-hydrogen) atoms. The highest BCUT2D eigenvalue weighted by Gasteiger charge is 2.46. The fraction of sp³-hybridized carbons (Fsp3) is 0.385. The normalized spacial score (nSPS) is 18.6. The number of carbonyl (C=O) groups is 4. The molecule has 2 aliphatic rings. The number of hydrogen-bond acceptors (Lipinski definition) is 6. The quantitative estimate of drug-likeness (QED) is 0.367. The molecular formula is C26H28N2O6. The van der Waals surface area contributed by atoms with E-state index in [9.17, 15) is 19.2 Å². The van der Waals surface area contributed by atoms with Crippen molar-refractivity contribution in [3.63, 3.8) is 0 Å². The summed E-state index contributed by atoms with van der Waals surface area (Å²) in [5.74, 6) is -0.646. The van der Waals surface area contributed by atoms with Crippen LogP contribution in [0, 0.1) is 0 Å². The number of esters is 1. The number of imide groups is 1. The third-order valence-corrected chi connectivity index (χ3v) is 6.33. The van der Waals surface area contributed by atoms with E-state index >= 15 is 0 Å².